The minimum absolute atomic E-state index is 0.377. The molecule has 6 heteroatoms. The van der Waals surface area contributed by atoms with Gasteiger partial charge in [0.15, 0.2) is 16.6 Å². The fraction of sp³-hybridized carbons (Fsp3) is 0.545. The molecule has 2 rings (SSSR count). The molecule has 2 aromatic rings. The summed E-state index contributed by atoms with van der Waals surface area (Å²) in [6.45, 7) is 7.11. The van der Waals surface area contributed by atoms with Gasteiger partial charge in [-0.3, -0.25) is 4.40 Å². The van der Waals surface area contributed by atoms with E-state index in [9.17, 15) is 0 Å². The minimum Gasteiger partial charge on any atom is -0.373 e. The van der Waals surface area contributed by atoms with E-state index in [0.29, 0.717) is 24.0 Å². The molecular weight excluding hydrogens is 240 g/mol. The highest BCUT2D eigenvalue weighted by atomic mass is 35.5. The highest BCUT2D eigenvalue weighted by Crippen LogP contribution is 2.18. The molecule has 0 atom stereocenters. The second kappa shape index (κ2) is 4.98. The monoisotopic (exact) mass is 254 g/mol. The summed E-state index contributed by atoms with van der Waals surface area (Å²) < 4.78 is 7.39. The molecule has 0 radical (unpaired) electrons. The van der Waals surface area contributed by atoms with E-state index in [-0.39, 0.29) is 0 Å². The summed E-state index contributed by atoms with van der Waals surface area (Å²) in [6.07, 6.45) is 0.983. The Morgan fingerprint density at radius 2 is 2.06 bits per heavy atom. The molecule has 0 saturated carbocycles. The topological polar surface area (TPSA) is 52.3 Å². The van der Waals surface area contributed by atoms with Crippen molar-refractivity contribution in [3.8, 4) is 0 Å². The molecular formula is C11H15ClN4O. The van der Waals surface area contributed by atoms with E-state index < -0.39 is 0 Å². The Morgan fingerprint density at radius 3 is 2.76 bits per heavy atom. The average molecular weight is 255 g/mol. The molecule has 2 aromatic heterocycles. The van der Waals surface area contributed by atoms with Gasteiger partial charge in [0.25, 0.3) is 0 Å². The maximum Gasteiger partial charge on any atom is 0.198 e. The summed E-state index contributed by atoms with van der Waals surface area (Å²) in [5.74, 6) is 0.762. The third kappa shape index (κ3) is 2.25. The van der Waals surface area contributed by atoms with Crippen LogP contribution in [-0.4, -0.2) is 26.2 Å². The predicted molar refractivity (Wildman–Crippen MR) is 65.2 cm³/mol. The lowest BCUT2D eigenvalue weighted by Crippen LogP contribution is -2.05. The van der Waals surface area contributed by atoms with Gasteiger partial charge in [0, 0.05) is 12.3 Å². The van der Waals surface area contributed by atoms with Gasteiger partial charge in [0.05, 0.1) is 5.69 Å². The van der Waals surface area contributed by atoms with Crippen LogP contribution < -0.4 is 0 Å². The molecule has 0 amide bonds. The molecule has 5 nitrogen and oxygen atoms in total. The van der Waals surface area contributed by atoms with Gasteiger partial charge in [-0.2, -0.15) is 0 Å². The molecule has 0 N–H and O–H groups in total. The maximum absolute atomic E-state index is 6.03. The highest BCUT2D eigenvalue weighted by molar-refractivity contribution is 6.32. The second-order valence-electron chi connectivity index (χ2n) is 3.90. The number of rotatable bonds is 4. The van der Waals surface area contributed by atoms with Gasteiger partial charge in [-0.05, 0) is 20.3 Å². The van der Waals surface area contributed by atoms with Crippen LogP contribution in [0.4, 0.5) is 0 Å². The molecule has 2 heterocycles. The quantitative estimate of drug-likeness (QED) is 0.786. The lowest BCUT2D eigenvalue weighted by molar-refractivity contribution is 0.115. The van der Waals surface area contributed by atoms with Gasteiger partial charge >= 0.3 is 0 Å². The van der Waals surface area contributed by atoms with Crippen LogP contribution in [0.3, 0.4) is 0 Å². The number of aromatic nitrogens is 4. The van der Waals surface area contributed by atoms with E-state index in [4.69, 9.17) is 16.3 Å². The van der Waals surface area contributed by atoms with Crippen molar-refractivity contribution in [3.63, 3.8) is 0 Å². The lowest BCUT2D eigenvalue weighted by atomic mass is 10.3. The lowest BCUT2D eigenvalue weighted by Gasteiger charge is -2.07. The van der Waals surface area contributed by atoms with Crippen molar-refractivity contribution in [3.05, 3.63) is 22.4 Å². The van der Waals surface area contributed by atoms with Crippen LogP contribution in [0.25, 0.3) is 5.65 Å². The molecule has 0 aliphatic rings. The van der Waals surface area contributed by atoms with Crippen molar-refractivity contribution in [2.75, 3.05) is 6.61 Å². The zero-order valence-corrected chi connectivity index (χ0v) is 11.0. The summed E-state index contributed by atoms with van der Waals surface area (Å²) in [5.41, 5.74) is 2.45. The Labute approximate surface area is 105 Å². The summed E-state index contributed by atoms with van der Waals surface area (Å²) in [7, 11) is 0. The first-order valence-corrected chi connectivity index (χ1v) is 5.97. The average Bonchev–Trinajstić information content (AvgIpc) is 2.71. The van der Waals surface area contributed by atoms with Gasteiger partial charge < -0.3 is 4.74 Å². The number of halogens is 1. The van der Waals surface area contributed by atoms with E-state index in [1.807, 2.05) is 18.2 Å². The molecule has 17 heavy (non-hydrogen) atoms. The highest BCUT2D eigenvalue weighted by Gasteiger charge is 2.13. The largest absolute Gasteiger partial charge is 0.373 e. The Kier molecular flexibility index (Phi) is 3.59. The summed E-state index contributed by atoms with van der Waals surface area (Å²) in [5, 5.41) is 8.51. The first-order chi connectivity index (χ1) is 8.15. The first-order valence-electron chi connectivity index (χ1n) is 5.59. The van der Waals surface area contributed by atoms with E-state index in [2.05, 4.69) is 22.1 Å². The molecule has 0 spiro atoms. The van der Waals surface area contributed by atoms with Crippen LogP contribution in [0.1, 0.15) is 30.6 Å². The smallest absolute Gasteiger partial charge is 0.198 e. The van der Waals surface area contributed by atoms with Gasteiger partial charge in [0.1, 0.15) is 6.61 Å². The van der Waals surface area contributed by atoms with Crippen LogP contribution in [0.5, 0.6) is 0 Å². The van der Waals surface area contributed by atoms with E-state index in [0.717, 1.165) is 23.6 Å². The van der Waals surface area contributed by atoms with Gasteiger partial charge in [0.2, 0.25) is 0 Å². The summed E-state index contributed by atoms with van der Waals surface area (Å²) in [4.78, 5) is 4.21. The Hall–Kier alpha value is -1.20. The zero-order valence-electron chi connectivity index (χ0n) is 10.2. The number of aryl methyl sites for hydroxylation is 2. The van der Waals surface area contributed by atoms with Crippen LogP contribution in [-0.2, 0) is 11.3 Å². The number of hydrogen-bond donors (Lipinski definition) is 0. The fourth-order valence-corrected chi connectivity index (χ4v) is 1.89. The summed E-state index contributed by atoms with van der Waals surface area (Å²) in [6, 6.07) is 0. The molecule has 0 saturated heterocycles. The normalized spacial score (nSPS) is 11.3. The van der Waals surface area contributed by atoms with Crippen molar-refractivity contribution < 1.29 is 4.74 Å². The van der Waals surface area contributed by atoms with Gasteiger partial charge in [-0.25, -0.2) is 4.98 Å². The molecule has 0 fully saturated rings. The van der Waals surface area contributed by atoms with Gasteiger partial charge in [-0.15, -0.1) is 10.2 Å². The fourth-order valence-electron chi connectivity index (χ4n) is 1.64. The third-order valence-corrected chi connectivity index (χ3v) is 2.87. The summed E-state index contributed by atoms with van der Waals surface area (Å²) >= 11 is 6.03. The van der Waals surface area contributed by atoms with Crippen molar-refractivity contribution in [1.82, 2.24) is 19.6 Å². The molecule has 0 aliphatic carbocycles. The van der Waals surface area contributed by atoms with Crippen molar-refractivity contribution in [2.45, 2.75) is 33.8 Å². The van der Waals surface area contributed by atoms with Crippen LogP contribution in [0.2, 0.25) is 5.15 Å². The molecule has 92 valence electrons. The Bertz CT molecular complexity index is 538. The zero-order chi connectivity index (χ0) is 12.4. The van der Waals surface area contributed by atoms with Crippen molar-refractivity contribution in [1.29, 1.82) is 0 Å². The predicted octanol–water partition coefficient (Wildman–Crippen LogP) is 2.32. The standard InChI is InChI=1S/C11H15ClN4O/c1-4-5-17-6-9-14-15-11-10(12)13-7(2)8(3)16(9)11/h4-6H2,1-3H3. The van der Waals surface area contributed by atoms with Gasteiger partial charge in [-0.1, -0.05) is 18.5 Å². The molecule has 0 unspecified atom stereocenters. The molecule has 0 aromatic carbocycles. The Balaban J connectivity index is 2.44. The maximum atomic E-state index is 6.03. The SMILES string of the molecule is CCCOCc1nnc2c(Cl)nc(C)c(C)n12. The molecule has 0 aliphatic heterocycles. The van der Waals surface area contributed by atoms with E-state index in [1.165, 1.54) is 0 Å². The number of nitrogens with zero attached hydrogens (tertiary/aromatic N) is 4. The number of hydrogen-bond acceptors (Lipinski definition) is 4. The minimum atomic E-state index is 0.377. The van der Waals surface area contributed by atoms with Crippen molar-refractivity contribution >= 4 is 17.2 Å². The Morgan fingerprint density at radius 1 is 1.29 bits per heavy atom. The van der Waals surface area contributed by atoms with Crippen molar-refractivity contribution in [2.24, 2.45) is 0 Å². The van der Waals surface area contributed by atoms with E-state index >= 15 is 0 Å². The van der Waals surface area contributed by atoms with Crippen LogP contribution in [0, 0.1) is 13.8 Å². The second-order valence-corrected chi connectivity index (χ2v) is 4.26. The van der Waals surface area contributed by atoms with E-state index in [1.54, 1.807) is 0 Å². The third-order valence-electron chi connectivity index (χ3n) is 2.62. The van der Waals surface area contributed by atoms with Crippen LogP contribution >= 0.6 is 11.6 Å². The number of ether oxygens (including phenoxy) is 1. The van der Waals surface area contributed by atoms with Crippen LogP contribution in [0.15, 0.2) is 0 Å². The first kappa shape index (κ1) is 12.3. The molecule has 0 bridgehead atoms. The number of fused-ring (bicyclic) bond motifs is 1.